The van der Waals surface area contributed by atoms with Gasteiger partial charge < -0.3 is 24.5 Å². The SMILES string of the molecule is CC(C)(C)OC(O)NC1=C(C#N)C2C(B3OC(C)(C)C(C)(C)O3)=CC=C(F)C2S1. The van der Waals surface area contributed by atoms with Crippen molar-refractivity contribution in [1.82, 2.24) is 5.32 Å². The standard InChI is InChI=1S/C20H28BFN2O4S/c1-18(2,3)26-17(25)24-16-11(10-23)14-12(8-9-13(22)15(14)29-16)21-27-19(4,5)20(6,7)28-21/h8-9,14-15,17,24-25H,1-7H3. The van der Waals surface area contributed by atoms with Crippen molar-refractivity contribution in [2.45, 2.75) is 76.9 Å². The summed E-state index contributed by atoms with van der Waals surface area (Å²) in [4.78, 5) is 0. The highest BCUT2D eigenvalue weighted by molar-refractivity contribution is 8.04. The van der Waals surface area contributed by atoms with Crippen LogP contribution in [0.3, 0.4) is 0 Å². The Hall–Kier alpha value is -1.31. The molecule has 2 heterocycles. The molecule has 2 N–H and O–H groups in total. The highest BCUT2D eigenvalue weighted by Crippen LogP contribution is 2.52. The Morgan fingerprint density at radius 3 is 2.38 bits per heavy atom. The van der Waals surface area contributed by atoms with Crippen LogP contribution in [0.1, 0.15) is 48.5 Å². The second-order valence-corrected chi connectivity index (χ2v) is 10.6. The third-order valence-corrected chi connectivity index (χ3v) is 6.86. The van der Waals surface area contributed by atoms with Gasteiger partial charge in [-0.05, 0) is 60.0 Å². The minimum Gasteiger partial charge on any atom is -0.400 e. The molecule has 0 saturated carbocycles. The molecule has 9 heteroatoms. The average Bonchev–Trinajstić information content (AvgIpc) is 3.00. The van der Waals surface area contributed by atoms with E-state index in [-0.39, 0.29) is 5.83 Å². The highest BCUT2D eigenvalue weighted by atomic mass is 32.2. The van der Waals surface area contributed by atoms with Gasteiger partial charge in [0.05, 0.1) is 38.7 Å². The van der Waals surface area contributed by atoms with E-state index in [4.69, 9.17) is 14.0 Å². The number of nitriles is 1. The third kappa shape index (κ3) is 4.28. The van der Waals surface area contributed by atoms with Crippen molar-refractivity contribution in [2.75, 3.05) is 0 Å². The number of halogens is 1. The Kier molecular flexibility index (Phi) is 5.74. The maximum absolute atomic E-state index is 14.7. The lowest BCUT2D eigenvalue weighted by Gasteiger charge is -2.32. The molecule has 3 unspecified atom stereocenters. The van der Waals surface area contributed by atoms with Gasteiger partial charge in [-0.15, -0.1) is 0 Å². The first-order valence-electron chi connectivity index (χ1n) is 9.62. The Bertz CT molecular complexity index is 809. The van der Waals surface area contributed by atoms with Gasteiger partial charge in [0.25, 0.3) is 0 Å². The second kappa shape index (κ2) is 7.43. The lowest BCUT2D eigenvalue weighted by atomic mass is 9.66. The van der Waals surface area contributed by atoms with Gasteiger partial charge in [0.15, 0.2) is 0 Å². The van der Waals surface area contributed by atoms with Crippen molar-refractivity contribution in [3.63, 3.8) is 0 Å². The average molecular weight is 422 g/mol. The normalized spacial score (nSPS) is 29.2. The van der Waals surface area contributed by atoms with Crippen molar-refractivity contribution >= 4 is 18.9 Å². The summed E-state index contributed by atoms with van der Waals surface area (Å²) in [6, 6.07) is 2.18. The Labute approximate surface area is 176 Å². The summed E-state index contributed by atoms with van der Waals surface area (Å²) in [7, 11) is -0.684. The molecule has 3 atom stereocenters. The van der Waals surface area contributed by atoms with Crippen molar-refractivity contribution in [3.05, 3.63) is 34.1 Å². The van der Waals surface area contributed by atoms with Crippen molar-refractivity contribution in [1.29, 1.82) is 5.26 Å². The number of aliphatic hydroxyl groups is 1. The van der Waals surface area contributed by atoms with Crippen LogP contribution < -0.4 is 5.32 Å². The highest BCUT2D eigenvalue weighted by Gasteiger charge is 2.56. The van der Waals surface area contributed by atoms with Gasteiger partial charge in [-0.1, -0.05) is 17.8 Å². The molecular weight excluding hydrogens is 394 g/mol. The van der Waals surface area contributed by atoms with Crippen LogP contribution >= 0.6 is 11.8 Å². The molecule has 3 rings (SSSR count). The smallest absolute Gasteiger partial charge is 0.400 e. The molecule has 2 aliphatic heterocycles. The fourth-order valence-electron chi connectivity index (χ4n) is 3.40. The number of thioether (sulfide) groups is 1. The minimum absolute atomic E-state index is 0.334. The zero-order chi connectivity index (χ0) is 21.8. The first-order chi connectivity index (χ1) is 13.3. The second-order valence-electron chi connectivity index (χ2n) is 9.40. The number of ether oxygens (including phenoxy) is 1. The number of aliphatic hydroxyl groups excluding tert-OH is 1. The van der Waals surface area contributed by atoms with Crippen LogP contribution in [0.2, 0.25) is 0 Å². The number of rotatable bonds is 4. The zero-order valence-electron chi connectivity index (χ0n) is 17.9. The van der Waals surface area contributed by atoms with Gasteiger partial charge in [0, 0.05) is 5.92 Å². The number of nitrogens with one attached hydrogen (secondary N) is 1. The molecule has 158 valence electrons. The maximum atomic E-state index is 14.7. The van der Waals surface area contributed by atoms with Crippen LogP contribution in [-0.2, 0) is 14.0 Å². The van der Waals surface area contributed by atoms with Gasteiger partial charge in [-0.2, -0.15) is 5.26 Å². The third-order valence-electron chi connectivity index (χ3n) is 5.53. The quantitative estimate of drug-likeness (QED) is 0.530. The van der Waals surface area contributed by atoms with Crippen molar-refractivity contribution in [2.24, 2.45) is 5.92 Å². The van der Waals surface area contributed by atoms with Crippen LogP contribution in [0.5, 0.6) is 0 Å². The van der Waals surface area contributed by atoms with Gasteiger partial charge >= 0.3 is 7.12 Å². The van der Waals surface area contributed by atoms with E-state index < -0.39 is 41.5 Å². The summed E-state index contributed by atoms with van der Waals surface area (Å²) >= 11 is 1.16. The fraction of sp³-hybridized carbons (Fsp3) is 0.650. The van der Waals surface area contributed by atoms with Gasteiger partial charge in [0.1, 0.15) is 5.83 Å². The monoisotopic (exact) mass is 422 g/mol. The van der Waals surface area contributed by atoms with Crippen LogP contribution in [0.25, 0.3) is 0 Å². The van der Waals surface area contributed by atoms with Crippen molar-refractivity contribution in [3.8, 4) is 6.07 Å². The van der Waals surface area contributed by atoms with E-state index in [2.05, 4.69) is 11.4 Å². The molecule has 1 saturated heterocycles. The van der Waals surface area contributed by atoms with Crippen molar-refractivity contribution < 1.29 is 23.5 Å². The lowest BCUT2D eigenvalue weighted by Crippen LogP contribution is -2.41. The predicted octanol–water partition coefficient (Wildman–Crippen LogP) is 3.56. The molecule has 0 aromatic rings. The fourth-order valence-corrected chi connectivity index (χ4v) is 4.74. The topological polar surface area (TPSA) is 83.7 Å². The molecule has 0 aromatic heterocycles. The van der Waals surface area contributed by atoms with Crippen LogP contribution in [0, 0.1) is 17.2 Å². The van der Waals surface area contributed by atoms with Gasteiger partial charge in [-0.25, -0.2) is 4.39 Å². The number of hydrogen-bond donors (Lipinski definition) is 2. The lowest BCUT2D eigenvalue weighted by molar-refractivity contribution is -0.176. The van der Waals surface area contributed by atoms with Gasteiger partial charge in [0.2, 0.25) is 6.41 Å². The molecule has 0 bridgehead atoms. The number of hydrogen-bond acceptors (Lipinski definition) is 7. The summed E-state index contributed by atoms with van der Waals surface area (Å²) in [5.41, 5.74) is -0.654. The molecule has 0 radical (unpaired) electrons. The molecule has 0 aromatic carbocycles. The predicted molar refractivity (Wildman–Crippen MR) is 111 cm³/mol. The van der Waals surface area contributed by atoms with Crippen LogP contribution in [0.15, 0.2) is 34.1 Å². The van der Waals surface area contributed by atoms with E-state index in [1.165, 1.54) is 6.08 Å². The molecule has 1 aliphatic carbocycles. The van der Waals surface area contributed by atoms with Gasteiger partial charge in [-0.3, -0.25) is 0 Å². The minimum atomic E-state index is -1.32. The zero-order valence-corrected chi connectivity index (χ0v) is 18.7. The summed E-state index contributed by atoms with van der Waals surface area (Å²) < 4.78 is 32.4. The first-order valence-corrected chi connectivity index (χ1v) is 10.5. The Balaban J connectivity index is 1.90. The Morgan fingerprint density at radius 2 is 1.86 bits per heavy atom. The van der Waals surface area contributed by atoms with Crippen LogP contribution in [-0.4, -0.2) is 40.7 Å². The number of allylic oxidation sites excluding steroid dienone is 4. The summed E-state index contributed by atoms with van der Waals surface area (Å²) in [5, 5.41) is 22.6. The van der Waals surface area contributed by atoms with E-state index in [0.29, 0.717) is 16.1 Å². The first kappa shape index (κ1) is 22.4. The Morgan fingerprint density at radius 1 is 1.28 bits per heavy atom. The molecule has 3 aliphatic rings. The van der Waals surface area contributed by atoms with E-state index in [9.17, 15) is 14.8 Å². The summed E-state index contributed by atoms with van der Waals surface area (Å²) in [6.07, 6.45) is 1.72. The summed E-state index contributed by atoms with van der Waals surface area (Å²) in [6.45, 7) is 13.2. The molecule has 1 fully saturated rings. The summed E-state index contributed by atoms with van der Waals surface area (Å²) in [5.74, 6) is -0.884. The van der Waals surface area contributed by atoms with E-state index in [1.54, 1.807) is 26.8 Å². The molecule has 6 nitrogen and oxygen atoms in total. The van der Waals surface area contributed by atoms with E-state index >= 15 is 0 Å². The number of fused-ring (bicyclic) bond motifs is 1. The molecular formula is C20H28BFN2O4S. The molecule has 0 amide bonds. The van der Waals surface area contributed by atoms with E-state index in [1.807, 2.05) is 27.7 Å². The van der Waals surface area contributed by atoms with Crippen LogP contribution in [0.4, 0.5) is 4.39 Å². The largest absolute Gasteiger partial charge is 0.491 e. The number of nitrogens with zero attached hydrogens (tertiary/aromatic N) is 1. The van der Waals surface area contributed by atoms with E-state index in [0.717, 1.165) is 11.8 Å². The molecule has 0 spiro atoms. The molecule has 29 heavy (non-hydrogen) atoms. The maximum Gasteiger partial charge on any atom is 0.491 e.